The van der Waals surface area contributed by atoms with Gasteiger partial charge in [0.25, 0.3) is 11.5 Å². The van der Waals surface area contributed by atoms with Gasteiger partial charge in [0, 0.05) is 36.4 Å². The summed E-state index contributed by atoms with van der Waals surface area (Å²) in [4.78, 5) is 24.3. The normalized spacial score (nSPS) is 10.3. The lowest BCUT2D eigenvalue weighted by Crippen LogP contribution is -2.34. The molecule has 0 fully saturated rings. The van der Waals surface area contributed by atoms with Crippen LogP contribution >= 0.6 is 0 Å². The SMILES string of the molecule is COc1ccc(-c2ccc(=O)n(CCNC(=O)COc3cc(OC)cc(OC)c3)n2)cc1. The van der Waals surface area contributed by atoms with Gasteiger partial charge in [0.05, 0.1) is 33.6 Å². The molecule has 0 atom stereocenters. The van der Waals surface area contributed by atoms with Crippen LogP contribution in [0, 0.1) is 0 Å². The van der Waals surface area contributed by atoms with Gasteiger partial charge < -0.3 is 24.3 Å². The molecule has 0 saturated heterocycles. The van der Waals surface area contributed by atoms with Crippen LogP contribution in [0.4, 0.5) is 0 Å². The van der Waals surface area contributed by atoms with Gasteiger partial charge in [-0.15, -0.1) is 0 Å². The summed E-state index contributed by atoms with van der Waals surface area (Å²) in [5, 5.41) is 7.10. The first-order valence-corrected chi connectivity index (χ1v) is 9.87. The molecule has 168 valence electrons. The second kappa shape index (κ2) is 10.9. The van der Waals surface area contributed by atoms with E-state index in [2.05, 4.69) is 10.4 Å². The number of nitrogens with one attached hydrogen (secondary N) is 1. The van der Waals surface area contributed by atoms with Gasteiger partial charge >= 0.3 is 0 Å². The Morgan fingerprint density at radius 1 is 0.875 bits per heavy atom. The molecule has 9 heteroatoms. The molecule has 0 spiro atoms. The molecule has 0 aliphatic heterocycles. The van der Waals surface area contributed by atoms with E-state index in [1.54, 1.807) is 31.4 Å². The summed E-state index contributed by atoms with van der Waals surface area (Å²) in [7, 11) is 4.66. The van der Waals surface area contributed by atoms with Crippen LogP contribution in [0.3, 0.4) is 0 Å². The Hall–Kier alpha value is -4.01. The average molecular weight is 439 g/mol. The van der Waals surface area contributed by atoms with Crippen LogP contribution in [-0.4, -0.2) is 50.2 Å². The summed E-state index contributed by atoms with van der Waals surface area (Å²) >= 11 is 0. The molecule has 0 aliphatic rings. The van der Waals surface area contributed by atoms with Crippen molar-refractivity contribution in [3.05, 3.63) is 65.0 Å². The van der Waals surface area contributed by atoms with Crippen molar-refractivity contribution in [2.24, 2.45) is 0 Å². The highest BCUT2D eigenvalue weighted by Crippen LogP contribution is 2.27. The number of benzene rings is 2. The third kappa shape index (κ3) is 6.00. The van der Waals surface area contributed by atoms with Gasteiger partial charge in [0.15, 0.2) is 6.61 Å². The lowest BCUT2D eigenvalue weighted by molar-refractivity contribution is -0.123. The van der Waals surface area contributed by atoms with Crippen LogP contribution in [-0.2, 0) is 11.3 Å². The van der Waals surface area contributed by atoms with Crippen molar-refractivity contribution in [1.82, 2.24) is 15.1 Å². The number of amides is 1. The minimum Gasteiger partial charge on any atom is -0.497 e. The van der Waals surface area contributed by atoms with Crippen LogP contribution in [0.5, 0.6) is 23.0 Å². The minimum atomic E-state index is -0.328. The summed E-state index contributed by atoms with van der Waals surface area (Å²) in [6.45, 7) is 0.259. The van der Waals surface area contributed by atoms with Gasteiger partial charge in [-0.05, 0) is 30.3 Å². The third-order valence-electron chi connectivity index (χ3n) is 4.59. The summed E-state index contributed by atoms with van der Waals surface area (Å²) in [6, 6.07) is 15.5. The molecule has 32 heavy (non-hydrogen) atoms. The van der Waals surface area contributed by atoms with Crippen molar-refractivity contribution in [2.75, 3.05) is 34.5 Å². The van der Waals surface area contributed by atoms with Crippen LogP contribution < -0.4 is 29.8 Å². The molecule has 0 unspecified atom stereocenters. The second-order valence-electron chi connectivity index (χ2n) is 6.70. The fraction of sp³-hybridized carbons (Fsp3) is 0.261. The summed E-state index contributed by atoms with van der Waals surface area (Å²) in [6.07, 6.45) is 0. The monoisotopic (exact) mass is 439 g/mol. The number of nitrogens with zero attached hydrogens (tertiary/aromatic N) is 2. The number of rotatable bonds is 10. The number of hydrogen-bond acceptors (Lipinski definition) is 7. The molecule has 3 rings (SSSR count). The zero-order valence-corrected chi connectivity index (χ0v) is 18.2. The van der Waals surface area contributed by atoms with Gasteiger partial charge in [-0.2, -0.15) is 5.10 Å². The predicted molar refractivity (Wildman–Crippen MR) is 119 cm³/mol. The third-order valence-corrected chi connectivity index (χ3v) is 4.59. The van der Waals surface area contributed by atoms with E-state index in [1.165, 1.54) is 25.0 Å². The Labute approximate surface area is 185 Å². The van der Waals surface area contributed by atoms with Crippen LogP contribution in [0.2, 0.25) is 0 Å². The quantitative estimate of drug-likeness (QED) is 0.516. The molecule has 0 radical (unpaired) electrons. The molecule has 1 N–H and O–H groups in total. The maximum Gasteiger partial charge on any atom is 0.266 e. The molecule has 9 nitrogen and oxygen atoms in total. The first-order chi connectivity index (χ1) is 15.5. The summed E-state index contributed by atoms with van der Waals surface area (Å²) < 4.78 is 22.3. The van der Waals surface area contributed by atoms with E-state index in [9.17, 15) is 9.59 Å². The van der Waals surface area contributed by atoms with E-state index in [0.717, 1.165) is 11.3 Å². The second-order valence-corrected chi connectivity index (χ2v) is 6.70. The van der Waals surface area contributed by atoms with E-state index < -0.39 is 0 Å². The summed E-state index contributed by atoms with van der Waals surface area (Å²) in [5.41, 5.74) is 1.25. The Morgan fingerprint density at radius 3 is 2.12 bits per heavy atom. The van der Waals surface area contributed by atoms with Gasteiger partial charge in [-0.1, -0.05) is 0 Å². The fourth-order valence-electron chi connectivity index (χ4n) is 2.89. The van der Waals surface area contributed by atoms with E-state index in [4.69, 9.17) is 18.9 Å². The van der Waals surface area contributed by atoms with Crippen LogP contribution in [0.25, 0.3) is 11.3 Å². The highest BCUT2D eigenvalue weighted by atomic mass is 16.5. The molecule has 1 aromatic heterocycles. The first-order valence-electron chi connectivity index (χ1n) is 9.87. The van der Waals surface area contributed by atoms with Crippen molar-refractivity contribution in [1.29, 1.82) is 0 Å². The molecular weight excluding hydrogens is 414 g/mol. The smallest absolute Gasteiger partial charge is 0.266 e. The van der Waals surface area contributed by atoms with Crippen molar-refractivity contribution >= 4 is 5.91 Å². The van der Waals surface area contributed by atoms with E-state index >= 15 is 0 Å². The fourth-order valence-corrected chi connectivity index (χ4v) is 2.89. The van der Waals surface area contributed by atoms with E-state index in [1.807, 2.05) is 24.3 Å². The summed E-state index contributed by atoms with van der Waals surface area (Å²) in [5.74, 6) is 1.97. The first kappa shape index (κ1) is 22.7. The Morgan fingerprint density at radius 2 is 1.50 bits per heavy atom. The van der Waals surface area contributed by atoms with Gasteiger partial charge in [-0.25, -0.2) is 4.68 Å². The number of hydrogen-bond donors (Lipinski definition) is 1. The van der Waals surface area contributed by atoms with Crippen molar-refractivity contribution in [3.8, 4) is 34.3 Å². The molecule has 2 aromatic carbocycles. The van der Waals surface area contributed by atoms with Gasteiger partial charge in [-0.3, -0.25) is 9.59 Å². The standard InChI is InChI=1S/C23H25N3O6/c1-29-17-6-4-16(5-7-17)21-8-9-23(28)26(25-21)11-10-24-22(27)15-32-20-13-18(30-2)12-19(14-20)31-3/h4-9,12-14H,10-11,15H2,1-3H3,(H,24,27). The number of ether oxygens (including phenoxy) is 4. The molecule has 1 heterocycles. The maximum absolute atomic E-state index is 12.1. The maximum atomic E-state index is 12.1. The number of carbonyl (C=O) groups excluding carboxylic acids is 1. The minimum absolute atomic E-state index is 0.190. The molecular formula is C23H25N3O6. The Bertz CT molecular complexity index is 1090. The molecule has 1 amide bonds. The number of aromatic nitrogens is 2. The predicted octanol–water partition coefficient (Wildman–Crippen LogP) is 2.13. The van der Waals surface area contributed by atoms with Crippen molar-refractivity contribution in [2.45, 2.75) is 6.54 Å². The van der Waals surface area contributed by atoms with Gasteiger partial charge in [0.2, 0.25) is 0 Å². The topological polar surface area (TPSA) is 101 Å². The van der Waals surface area contributed by atoms with Gasteiger partial charge in [0.1, 0.15) is 23.0 Å². The van der Waals surface area contributed by atoms with E-state index in [-0.39, 0.29) is 31.2 Å². The molecule has 0 aliphatic carbocycles. The van der Waals surface area contributed by atoms with Crippen molar-refractivity contribution < 1.29 is 23.7 Å². The van der Waals surface area contributed by atoms with Crippen LogP contribution in [0.1, 0.15) is 0 Å². The number of carbonyl (C=O) groups is 1. The van der Waals surface area contributed by atoms with Crippen molar-refractivity contribution in [3.63, 3.8) is 0 Å². The highest BCUT2D eigenvalue weighted by Gasteiger charge is 2.08. The lowest BCUT2D eigenvalue weighted by Gasteiger charge is -2.11. The highest BCUT2D eigenvalue weighted by molar-refractivity contribution is 5.77. The largest absolute Gasteiger partial charge is 0.497 e. The van der Waals surface area contributed by atoms with Crippen LogP contribution in [0.15, 0.2) is 59.4 Å². The lowest BCUT2D eigenvalue weighted by atomic mass is 10.1. The number of methoxy groups -OCH3 is 3. The molecule has 0 bridgehead atoms. The van der Waals surface area contributed by atoms with E-state index in [0.29, 0.717) is 22.9 Å². The zero-order chi connectivity index (χ0) is 22.9. The zero-order valence-electron chi connectivity index (χ0n) is 18.2. The molecule has 0 saturated carbocycles. The average Bonchev–Trinajstić information content (AvgIpc) is 2.83. The molecule has 3 aromatic rings. The Balaban J connectivity index is 1.54. The Kier molecular flexibility index (Phi) is 7.69.